The number of hydrogen-bond acceptors (Lipinski definition) is 3. The summed E-state index contributed by atoms with van der Waals surface area (Å²) in [6, 6.07) is 0. The lowest BCUT2D eigenvalue weighted by Crippen LogP contribution is -2.28. The minimum Gasteiger partial charge on any atom is -0.237 e. The summed E-state index contributed by atoms with van der Waals surface area (Å²) in [4.78, 5) is 11.4. The van der Waals surface area contributed by atoms with E-state index in [9.17, 15) is 4.79 Å². The first-order valence-electron chi connectivity index (χ1n) is 3.46. The van der Waals surface area contributed by atoms with Gasteiger partial charge in [0.2, 0.25) is 0 Å². The molecule has 0 saturated heterocycles. The second-order valence-electron chi connectivity index (χ2n) is 2.63. The molecule has 0 amide bonds. The SMILES string of the molecule is Cn1nnc2c[n+](C)cn2c1=O. The fraction of sp³-hybridized carbons (Fsp3) is 0.333. The molecule has 0 fully saturated rings. The molecule has 0 spiro atoms. The van der Waals surface area contributed by atoms with E-state index in [1.807, 2.05) is 7.05 Å². The summed E-state index contributed by atoms with van der Waals surface area (Å²) in [6.07, 6.45) is 3.39. The monoisotopic (exact) mass is 166 g/mol. The Hall–Kier alpha value is -1.72. The maximum absolute atomic E-state index is 11.4. The number of rotatable bonds is 0. The van der Waals surface area contributed by atoms with Crippen LogP contribution in [0.25, 0.3) is 5.65 Å². The summed E-state index contributed by atoms with van der Waals surface area (Å²) >= 11 is 0. The molecule has 0 atom stereocenters. The van der Waals surface area contributed by atoms with Crippen molar-refractivity contribution in [2.24, 2.45) is 14.1 Å². The third-order valence-electron chi connectivity index (χ3n) is 1.63. The predicted octanol–water partition coefficient (Wildman–Crippen LogP) is -1.75. The van der Waals surface area contributed by atoms with Gasteiger partial charge in [0, 0.05) is 7.05 Å². The Morgan fingerprint density at radius 1 is 1.58 bits per heavy atom. The quantitative estimate of drug-likeness (QED) is 0.436. The van der Waals surface area contributed by atoms with Crippen LogP contribution in [0.3, 0.4) is 0 Å². The lowest BCUT2D eigenvalue weighted by Gasteiger charge is -1.87. The summed E-state index contributed by atoms with van der Waals surface area (Å²) in [6.45, 7) is 0. The number of nitrogens with zero attached hydrogens (tertiary/aromatic N) is 5. The molecule has 2 heterocycles. The molecular formula is C6H8N5O+. The zero-order valence-electron chi connectivity index (χ0n) is 6.80. The largest absolute Gasteiger partial charge is 0.439 e. The van der Waals surface area contributed by atoms with E-state index in [2.05, 4.69) is 10.3 Å². The van der Waals surface area contributed by atoms with Crippen LogP contribution in [0.2, 0.25) is 0 Å². The molecule has 0 radical (unpaired) electrons. The molecule has 0 aliphatic rings. The van der Waals surface area contributed by atoms with Crippen molar-refractivity contribution in [2.45, 2.75) is 0 Å². The van der Waals surface area contributed by atoms with Crippen LogP contribution in [-0.2, 0) is 14.1 Å². The lowest BCUT2D eigenvalue weighted by atomic mass is 10.8. The van der Waals surface area contributed by atoms with Crippen LogP contribution in [0.15, 0.2) is 17.3 Å². The van der Waals surface area contributed by atoms with Gasteiger partial charge in [0.15, 0.2) is 6.20 Å². The molecule has 2 aromatic rings. The van der Waals surface area contributed by atoms with Crippen LogP contribution in [0.5, 0.6) is 0 Å². The van der Waals surface area contributed by atoms with Crippen molar-refractivity contribution < 1.29 is 4.57 Å². The Labute approximate surface area is 67.7 Å². The zero-order valence-corrected chi connectivity index (χ0v) is 6.80. The standard InChI is InChI=1S/C6H8N5O/c1-9-3-5-7-8-10(2)6(12)11(5)4-9/h3-4H,1-2H3/q+1. The molecule has 12 heavy (non-hydrogen) atoms. The van der Waals surface area contributed by atoms with Crippen molar-refractivity contribution in [3.8, 4) is 0 Å². The molecular weight excluding hydrogens is 158 g/mol. The molecule has 2 rings (SSSR count). The summed E-state index contributed by atoms with van der Waals surface area (Å²) in [5.41, 5.74) is 0.362. The van der Waals surface area contributed by atoms with E-state index in [0.717, 1.165) is 0 Å². The third-order valence-corrected chi connectivity index (χ3v) is 1.63. The van der Waals surface area contributed by atoms with Gasteiger partial charge in [-0.05, 0) is 0 Å². The van der Waals surface area contributed by atoms with Crippen molar-refractivity contribution in [3.63, 3.8) is 0 Å². The molecule has 0 N–H and O–H groups in total. The predicted molar refractivity (Wildman–Crippen MR) is 39.4 cm³/mol. The molecule has 6 heteroatoms. The van der Waals surface area contributed by atoms with Crippen molar-refractivity contribution in [2.75, 3.05) is 0 Å². The Morgan fingerprint density at radius 2 is 2.33 bits per heavy atom. The first-order valence-corrected chi connectivity index (χ1v) is 3.46. The van der Waals surface area contributed by atoms with Gasteiger partial charge < -0.3 is 0 Å². The normalized spacial score (nSPS) is 10.8. The average Bonchev–Trinajstić information content (AvgIpc) is 2.39. The highest BCUT2D eigenvalue weighted by molar-refractivity contribution is 5.28. The molecule has 0 aliphatic carbocycles. The molecule has 62 valence electrons. The van der Waals surface area contributed by atoms with Gasteiger partial charge in [-0.1, -0.05) is 10.3 Å². The lowest BCUT2D eigenvalue weighted by molar-refractivity contribution is -0.670. The van der Waals surface area contributed by atoms with Gasteiger partial charge in [0.1, 0.15) is 0 Å². The van der Waals surface area contributed by atoms with Crippen molar-refractivity contribution in [1.29, 1.82) is 0 Å². The molecule has 0 aromatic carbocycles. The van der Waals surface area contributed by atoms with Crippen LogP contribution < -0.4 is 10.3 Å². The summed E-state index contributed by atoms with van der Waals surface area (Å²) in [5, 5.41) is 7.46. The van der Waals surface area contributed by atoms with Crippen LogP contribution in [0, 0.1) is 0 Å². The maximum atomic E-state index is 11.4. The Kier molecular flexibility index (Phi) is 1.24. The Bertz CT molecular complexity index is 482. The van der Waals surface area contributed by atoms with E-state index in [0.29, 0.717) is 5.65 Å². The summed E-state index contributed by atoms with van der Waals surface area (Å²) in [5.74, 6) is 0. The minimum absolute atomic E-state index is 0.194. The third kappa shape index (κ3) is 0.810. The Balaban J connectivity index is 2.99. The van der Waals surface area contributed by atoms with E-state index in [-0.39, 0.29) is 5.69 Å². The highest BCUT2D eigenvalue weighted by Crippen LogP contribution is 1.85. The van der Waals surface area contributed by atoms with E-state index < -0.39 is 0 Å². The number of imidazole rings is 1. The van der Waals surface area contributed by atoms with Crippen LogP contribution in [0.4, 0.5) is 0 Å². The summed E-state index contributed by atoms with van der Waals surface area (Å²) in [7, 11) is 3.39. The number of fused-ring (bicyclic) bond motifs is 1. The van der Waals surface area contributed by atoms with Crippen LogP contribution >= 0.6 is 0 Å². The van der Waals surface area contributed by atoms with Gasteiger partial charge in [-0.25, -0.2) is 9.36 Å². The summed E-state index contributed by atoms with van der Waals surface area (Å²) < 4.78 is 4.38. The van der Waals surface area contributed by atoms with Crippen molar-refractivity contribution >= 4 is 5.65 Å². The van der Waals surface area contributed by atoms with Crippen molar-refractivity contribution in [3.05, 3.63) is 23.0 Å². The molecule has 0 saturated carbocycles. The first kappa shape index (κ1) is 6.96. The van der Waals surface area contributed by atoms with E-state index in [4.69, 9.17) is 0 Å². The maximum Gasteiger partial charge on any atom is 0.439 e. The van der Waals surface area contributed by atoms with E-state index >= 15 is 0 Å². The van der Waals surface area contributed by atoms with Gasteiger partial charge in [-0.2, -0.15) is 4.68 Å². The van der Waals surface area contributed by atoms with Gasteiger partial charge in [0.05, 0.1) is 7.05 Å². The fourth-order valence-corrected chi connectivity index (χ4v) is 1.05. The zero-order chi connectivity index (χ0) is 8.72. The minimum atomic E-state index is -0.194. The van der Waals surface area contributed by atoms with E-state index in [1.165, 1.54) is 9.08 Å². The van der Waals surface area contributed by atoms with E-state index in [1.54, 1.807) is 24.1 Å². The highest BCUT2D eigenvalue weighted by Gasteiger charge is 2.09. The molecule has 0 unspecified atom stereocenters. The number of hydrogen-bond donors (Lipinski definition) is 0. The molecule has 6 nitrogen and oxygen atoms in total. The first-order chi connectivity index (χ1) is 5.68. The molecule has 2 aromatic heterocycles. The van der Waals surface area contributed by atoms with Crippen LogP contribution in [0.1, 0.15) is 0 Å². The topological polar surface area (TPSA) is 56.1 Å². The fourth-order valence-electron chi connectivity index (χ4n) is 1.05. The second kappa shape index (κ2) is 2.13. The highest BCUT2D eigenvalue weighted by atomic mass is 16.2. The molecule has 0 bridgehead atoms. The number of aromatic nitrogens is 5. The smallest absolute Gasteiger partial charge is 0.237 e. The van der Waals surface area contributed by atoms with Gasteiger partial charge in [-0.15, -0.1) is 4.40 Å². The average molecular weight is 166 g/mol. The van der Waals surface area contributed by atoms with Gasteiger partial charge in [-0.3, -0.25) is 0 Å². The number of aryl methyl sites for hydroxylation is 2. The van der Waals surface area contributed by atoms with Crippen LogP contribution in [-0.4, -0.2) is 19.4 Å². The second-order valence-corrected chi connectivity index (χ2v) is 2.63. The van der Waals surface area contributed by atoms with Crippen molar-refractivity contribution in [1.82, 2.24) is 19.4 Å². The molecule has 0 aliphatic heterocycles. The Morgan fingerprint density at radius 3 is 3.08 bits per heavy atom. The van der Waals surface area contributed by atoms with Gasteiger partial charge in [0.25, 0.3) is 12.0 Å². The van der Waals surface area contributed by atoms with Gasteiger partial charge >= 0.3 is 5.69 Å².